The first-order valence-electron chi connectivity index (χ1n) is 38.7. The van der Waals surface area contributed by atoms with Crippen LogP contribution in [0.4, 0.5) is 0 Å². The van der Waals surface area contributed by atoms with Crippen molar-refractivity contribution in [2.75, 3.05) is 39.6 Å². The Kier molecular flexibility index (Phi) is 64.4. The highest BCUT2D eigenvalue weighted by atomic mass is 31.2. The van der Waals surface area contributed by atoms with Gasteiger partial charge in [-0.15, -0.1) is 0 Å². The Morgan fingerprint density at radius 1 is 0.347 bits per heavy atom. The smallest absolute Gasteiger partial charge is 0.462 e. The van der Waals surface area contributed by atoms with Gasteiger partial charge in [-0.05, 0) is 69.1 Å². The van der Waals surface area contributed by atoms with Crippen molar-refractivity contribution >= 4 is 39.5 Å². The van der Waals surface area contributed by atoms with Gasteiger partial charge in [-0.3, -0.25) is 37.3 Å². The van der Waals surface area contributed by atoms with Gasteiger partial charge in [-0.1, -0.05) is 310 Å². The molecule has 0 aliphatic carbocycles. The first-order valence-corrected chi connectivity index (χ1v) is 41.7. The SMILES string of the molecule is CCCCCC/C=C\C=C/CCCCCCCC(=O)O[C@H](COC(=O)CCCCCCCCCCCCC(C)CC)COP(=O)(O)OC[C@@H](O)COP(=O)(O)OC[C@@H](COC(=O)CCCCCCCCCCCCC(C)C)OC(=O)CCCCCCCCCCCCC(C)C. The maximum Gasteiger partial charge on any atom is 0.472 e. The molecule has 3 unspecified atom stereocenters. The van der Waals surface area contributed by atoms with Crippen LogP contribution in [-0.2, 0) is 65.4 Å². The minimum Gasteiger partial charge on any atom is -0.462 e. The molecule has 560 valence electrons. The van der Waals surface area contributed by atoms with Gasteiger partial charge in [0, 0.05) is 25.7 Å². The molecule has 0 saturated carbocycles. The molecule has 0 radical (unpaired) electrons. The number of carbonyl (C=O) groups excluding carboxylic acids is 4. The second-order valence-corrected chi connectivity index (χ2v) is 30.8. The fourth-order valence-corrected chi connectivity index (χ4v) is 12.6. The highest BCUT2D eigenvalue weighted by Crippen LogP contribution is 2.45. The van der Waals surface area contributed by atoms with Crippen molar-refractivity contribution in [2.45, 2.75) is 381 Å². The lowest BCUT2D eigenvalue weighted by molar-refractivity contribution is -0.161. The van der Waals surface area contributed by atoms with E-state index < -0.39 is 97.5 Å². The largest absolute Gasteiger partial charge is 0.472 e. The standard InChI is InChI=1S/C76H144O17P2/c1-8-10-11-12-13-14-15-16-17-18-19-31-38-45-52-59-75(80)92-71(63-87-74(79)58-51-44-37-30-25-22-28-35-42-49-56-69(7)9-2)65-90-94(82,83)88-61-70(77)62-89-95(84,85)91-66-72(93-76(81)60-53-46-39-32-24-21-27-34-41-48-55-68(5)6)64-86-73(78)57-50-43-36-29-23-20-26-33-40-47-54-67(3)4/h14-17,67-72,77H,8-13,18-66H2,1-7H3,(H,82,83)(H,84,85)/b15-14-,17-16-/t69?,70-,71-,72-/m1/s1. The number of esters is 4. The molecule has 0 aromatic heterocycles. The van der Waals surface area contributed by atoms with Gasteiger partial charge in [0.2, 0.25) is 0 Å². The highest BCUT2D eigenvalue weighted by molar-refractivity contribution is 7.47. The number of carbonyl (C=O) groups is 4. The molecule has 0 heterocycles. The summed E-state index contributed by atoms with van der Waals surface area (Å²) in [4.78, 5) is 72.8. The number of hydrogen-bond donors (Lipinski definition) is 3. The summed E-state index contributed by atoms with van der Waals surface area (Å²) >= 11 is 0. The van der Waals surface area contributed by atoms with E-state index in [-0.39, 0.29) is 25.7 Å². The van der Waals surface area contributed by atoms with E-state index in [1.807, 2.05) is 0 Å². The molecule has 3 N–H and O–H groups in total. The molecule has 95 heavy (non-hydrogen) atoms. The number of aliphatic hydroxyl groups excluding tert-OH is 1. The summed E-state index contributed by atoms with van der Waals surface area (Å²) in [7, 11) is -9.93. The molecule has 0 aliphatic heterocycles. The van der Waals surface area contributed by atoms with E-state index in [0.29, 0.717) is 25.7 Å². The molecule has 0 bridgehead atoms. The van der Waals surface area contributed by atoms with Crippen LogP contribution in [0, 0.1) is 17.8 Å². The van der Waals surface area contributed by atoms with Crippen LogP contribution in [0.15, 0.2) is 24.3 Å². The van der Waals surface area contributed by atoms with Crippen molar-refractivity contribution in [2.24, 2.45) is 17.8 Å². The van der Waals surface area contributed by atoms with E-state index in [1.165, 1.54) is 161 Å². The van der Waals surface area contributed by atoms with Crippen molar-refractivity contribution < 1.29 is 80.2 Å². The summed E-state index contributed by atoms with van der Waals surface area (Å²) in [5, 5.41) is 10.6. The zero-order valence-electron chi connectivity index (χ0n) is 61.6. The Hall–Kier alpha value is -2.46. The Morgan fingerprint density at radius 2 is 0.621 bits per heavy atom. The van der Waals surface area contributed by atoms with Crippen LogP contribution in [0.25, 0.3) is 0 Å². The third-order valence-electron chi connectivity index (χ3n) is 17.4. The Morgan fingerprint density at radius 3 is 0.937 bits per heavy atom. The molecule has 0 amide bonds. The Bertz CT molecular complexity index is 1950. The van der Waals surface area contributed by atoms with E-state index in [1.54, 1.807) is 0 Å². The molecule has 0 rings (SSSR count). The van der Waals surface area contributed by atoms with Crippen molar-refractivity contribution in [3.8, 4) is 0 Å². The van der Waals surface area contributed by atoms with Gasteiger partial charge in [0.05, 0.1) is 26.4 Å². The normalized spacial score (nSPS) is 14.5. The number of unbranched alkanes of at least 4 members (excludes halogenated alkanes) is 36. The Balaban J connectivity index is 5.31. The monoisotopic (exact) mass is 1390 g/mol. The lowest BCUT2D eigenvalue weighted by Crippen LogP contribution is -2.30. The van der Waals surface area contributed by atoms with E-state index in [4.69, 9.17) is 37.0 Å². The van der Waals surface area contributed by atoms with Gasteiger partial charge < -0.3 is 33.8 Å². The predicted molar refractivity (Wildman–Crippen MR) is 386 cm³/mol. The molecule has 0 saturated heterocycles. The summed E-state index contributed by atoms with van der Waals surface area (Å²) in [6.07, 6.45) is 54.8. The highest BCUT2D eigenvalue weighted by Gasteiger charge is 2.30. The molecule has 6 atom stereocenters. The van der Waals surface area contributed by atoms with Crippen molar-refractivity contribution in [1.82, 2.24) is 0 Å². The number of rotatable bonds is 72. The number of phosphoric acid groups is 2. The number of allylic oxidation sites excluding steroid dienone is 4. The molecule has 0 spiro atoms. The predicted octanol–water partition coefficient (Wildman–Crippen LogP) is 21.7. The zero-order valence-corrected chi connectivity index (χ0v) is 63.4. The van der Waals surface area contributed by atoms with Crippen LogP contribution in [0.1, 0.15) is 363 Å². The molecular weight excluding hydrogens is 1250 g/mol. The van der Waals surface area contributed by atoms with Crippen LogP contribution >= 0.6 is 15.6 Å². The third kappa shape index (κ3) is 68.5. The molecule has 19 heteroatoms. The second-order valence-electron chi connectivity index (χ2n) is 27.9. The van der Waals surface area contributed by atoms with Gasteiger partial charge in [-0.2, -0.15) is 0 Å². The minimum atomic E-state index is -4.97. The summed E-state index contributed by atoms with van der Waals surface area (Å²) < 4.78 is 68.5. The molecule has 0 aromatic rings. The molecular formula is C76H144O17P2. The number of phosphoric ester groups is 2. The Labute approximate surface area is 580 Å². The van der Waals surface area contributed by atoms with Crippen LogP contribution in [0.3, 0.4) is 0 Å². The van der Waals surface area contributed by atoms with Gasteiger partial charge in [-0.25, -0.2) is 9.13 Å². The molecule has 17 nitrogen and oxygen atoms in total. The maximum atomic E-state index is 13.1. The third-order valence-corrected chi connectivity index (χ3v) is 19.3. The average molecular weight is 1390 g/mol. The van der Waals surface area contributed by atoms with E-state index in [2.05, 4.69) is 72.8 Å². The van der Waals surface area contributed by atoms with Crippen LogP contribution in [0.2, 0.25) is 0 Å². The molecule has 0 aromatic carbocycles. The van der Waals surface area contributed by atoms with Crippen molar-refractivity contribution in [3.05, 3.63) is 24.3 Å². The van der Waals surface area contributed by atoms with E-state index in [9.17, 15) is 43.2 Å². The fourth-order valence-electron chi connectivity index (χ4n) is 11.0. The van der Waals surface area contributed by atoms with Gasteiger partial charge >= 0.3 is 39.5 Å². The van der Waals surface area contributed by atoms with Gasteiger partial charge in [0.1, 0.15) is 19.3 Å². The van der Waals surface area contributed by atoms with E-state index >= 15 is 0 Å². The average Bonchev–Trinajstić information content (AvgIpc) is 2.78. The minimum absolute atomic E-state index is 0.0846. The zero-order chi connectivity index (χ0) is 70.1. The first-order chi connectivity index (χ1) is 45.8. The van der Waals surface area contributed by atoms with Gasteiger partial charge in [0.15, 0.2) is 12.2 Å². The van der Waals surface area contributed by atoms with Crippen molar-refractivity contribution in [3.63, 3.8) is 0 Å². The van der Waals surface area contributed by atoms with Crippen LogP contribution in [0.5, 0.6) is 0 Å². The number of hydrogen-bond acceptors (Lipinski definition) is 15. The van der Waals surface area contributed by atoms with Crippen molar-refractivity contribution in [1.29, 1.82) is 0 Å². The lowest BCUT2D eigenvalue weighted by Gasteiger charge is -2.21. The summed E-state index contributed by atoms with van der Waals surface area (Å²) in [5.41, 5.74) is 0. The fraction of sp³-hybridized carbons (Fsp3) is 0.895. The number of ether oxygens (including phenoxy) is 4. The first kappa shape index (κ1) is 92.5. The number of aliphatic hydroxyl groups is 1. The quantitative estimate of drug-likeness (QED) is 0.0169. The summed E-state index contributed by atoms with van der Waals surface area (Å²) in [5.74, 6) is 0.166. The topological polar surface area (TPSA) is 237 Å². The molecule has 0 aliphatic rings. The second kappa shape index (κ2) is 66.1. The van der Waals surface area contributed by atoms with Crippen LogP contribution < -0.4 is 0 Å². The van der Waals surface area contributed by atoms with Gasteiger partial charge in [0.25, 0.3) is 0 Å². The summed E-state index contributed by atoms with van der Waals surface area (Å²) in [6, 6.07) is 0. The van der Waals surface area contributed by atoms with Crippen LogP contribution in [-0.4, -0.2) is 96.7 Å². The lowest BCUT2D eigenvalue weighted by atomic mass is 9.99. The molecule has 0 fully saturated rings. The summed E-state index contributed by atoms with van der Waals surface area (Å²) in [6.45, 7) is 11.8. The van der Waals surface area contributed by atoms with E-state index in [0.717, 1.165) is 120 Å². The maximum absolute atomic E-state index is 13.1.